The lowest BCUT2D eigenvalue weighted by Gasteiger charge is -2.08. The Morgan fingerprint density at radius 2 is 0.600 bits per heavy atom. The molecule has 0 saturated heterocycles. The average molecular weight is 351 g/mol. The van der Waals surface area contributed by atoms with Gasteiger partial charge in [-0.1, -0.05) is 122 Å². The van der Waals surface area contributed by atoms with E-state index in [-0.39, 0.29) is 23.3 Å². The van der Waals surface area contributed by atoms with Crippen molar-refractivity contribution in [1.29, 1.82) is 0 Å². The SMILES string of the molecule is C.C.CC.CC(C)C.CC(C)C.CC(C)c1ccc(C(C)C)cc1.[B]. The van der Waals surface area contributed by atoms with Crippen molar-refractivity contribution in [2.45, 2.75) is 110 Å². The third kappa shape index (κ3) is 35.3. The minimum atomic E-state index is 0. The van der Waals surface area contributed by atoms with Gasteiger partial charge in [0.15, 0.2) is 0 Å². The van der Waals surface area contributed by atoms with E-state index >= 15 is 0 Å². The molecule has 25 heavy (non-hydrogen) atoms. The van der Waals surface area contributed by atoms with Crippen LogP contribution in [0.4, 0.5) is 0 Å². The summed E-state index contributed by atoms with van der Waals surface area (Å²) in [5.74, 6) is 2.96. The van der Waals surface area contributed by atoms with Gasteiger partial charge in [-0.25, -0.2) is 0 Å². The molecule has 0 amide bonds. The zero-order chi connectivity index (χ0) is 18.3. The van der Waals surface area contributed by atoms with Crippen molar-refractivity contribution in [2.24, 2.45) is 11.8 Å². The van der Waals surface area contributed by atoms with Crippen molar-refractivity contribution in [3.05, 3.63) is 35.4 Å². The summed E-state index contributed by atoms with van der Waals surface area (Å²) < 4.78 is 0. The van der Waals surface area contributed by atoms with E-state index in [1.165, 1.54) is 11.1 Å². The maximum atomic E-state index is 2.24. The topological polar surface area (TPSA) is 0 Å². The van der Waals surface area contributed by atoms with E-state index in [0.717, 1.165) is 11.8 Å². The molecule has 0 spiro atoms. The lowest BCUT2D eigenvalue weighted by atomic mass is 9.97. The maximum Gasteiger partial charge on any atom is 0 e. The van der Waals surface area contributed by atoms with Crippen LogP contribution in [0, 0.1) is 11.8 Å². The molecule has 1 aromatic carbocycles. The van der Waals surface area contributed by atoms with E-state index in [1.807, 2.05) is 13.8 Å². The summed E-state index contributed by atoms with van der Waals surface area (Å²) in [6, 6.07) is 8.94. The second kappa shape index (κ2) is 25.5. The minimum Gasteiger partial charge on any atom is -0.0776 e. The number of benzene rings is 1. The molecule has 0 unspecified atom stereocenters. The molecule has 0 heterocycles. The van der Waals surface area contributed by atoms with Crippen LogP contribution in [0.3, 0.4) is 0 Å². The van der Waals surface area contributed by atoms with E-state index in [1.54, 1.807) is 0 Å². The van der Waals surface area contributed by atoms with Crippen molar-refractivity contribution < 1.29 is 0 Å². The molecular weight excluding hydrogens is 299 g/mol. The van der Waals surface area contributed by atoms with Crippen LogP contribution in [-0.4, -0.2) is 8.41 Å². The fourth-order valence-electron chi connectivity index (χ4n) is 1.27. The lowest BCUT2D eigenvalue weighted by Crippen LogP contribution is -1.90. The first-order valence-corrected chi connectivity index (χ1v) is 9.17. The van der Waals surface area contributed by atoms with Crippen molar-refractivity contribution in [3.8, 4) is 0 Å². The van der Waals surface area contributed by atoms with Crippen LogP contribution in [0.25, 0.3) is 0 Å². The van der Waals surface area contributed by atoms with Crippen LogP contribution in [0.1, 0.15) is 121 Å². The molecule has 1 heteroatoms. The van der Waals surface area contributed by atoms with Crippen LogP contribution < -0.4 is 0 Å². The third-order valence-corrected chi connectivity index (χ3v) is 2.27. The highest BCUT2D eigenvalue weighted by atomic mass is 14.1. The summed E-state index contributed by atoms with van der Waals surface area (Å²) in [4.78, 5) is 0. The first-order valence-electron chi connectivity index (χ1n) is 9.17. The molecule has 1 rings (SSSR count). The van der Waals surface area contributed by atoms with Crippen LogP contribution >= 0.6 is 0 Å². The molecule has 1 aromatic rings. The quantitative estimate of drug-likeness (QED) is 0.466. The lowest BCUT2D eigenvalue weighted by molar-refractivity contribution is 0.736. The summed E-state index contributed by atoms with van der Waals surface area (Å²) in [5.41, 5.74) is 2.86. The van der Waals surface area contributed by atoms with Gasteiger partial charge >= 0.3 is 0 Å². The first kappa shape index (κ1) is 39.4. The van der Waals surface area contributed by atoms with Gasteiger partial charge in [-0.05, 0) is 34.8 Å². The van der Waals surface area contributed by atoms with Crippen molar-refractivity contribution >= 4 is 8.41 Å². The van der Waals surface area contributed by atoms with Gasteiger partial charge in [-0.15, -0.1) is 0 Å². The fraction of sp³-hybridized carbons (Fsp3) is 0.750. The molecule has 0 fully saturated rings. The molecular formula is C24H52B. The van der Waals surface area contributed by atoms with Gasteiger partial charge < -0.3 is 0 Å². The van der Waals surface area contributed by atoms with Gasteiger partial charge in [0.05, 0.1) is 0 Å². The molecule has 0 nitrogen and oxygen atoms in total. The van der Waals surface area contributed by atoms with Crippen molar-refractivity contribution in [1.82, 2.24) is 0 Å². The minimum absolute atomic E-state index is 0. The second-order valence-electron chi connectivity index (χ2n) is 7.44. The third-order valence-electron chi connectivity index (χ3n) is 2.27. The Hall–Kier alpha value is -0.715. The maximum absolute atomic E-state index is 2.24. The van der Waals surface area contributed by atoms with Gasteiger partial charge in [0, 0.05) is 8.41 Å². The van der Waals surface area contributed by atoms with Crippen molar-refractivity contribution in [2.75, 3.05) is 0 Å². The van der Waals surface area contributed by atoms with Crippen LogP contribution in [0.5, 0.6) is 0 Å². The van der Waals surface area contributed by atoms with E-state index in [9.17, 15) is 0 Å². The van der Waals surface area contributed by atoms with Crippen LogP contribution in [0.2, 0.25) is 0 Å². The Morgan fingerprint density at radius 1 is 0.480 bits per heavy atom. The van der Waals surface area contributed by atoms with E-state index in [0.29, 0.717) is 11.8 Å². The zero-order valence-corrected chi connectivity index (χ0v) is 18.2. The fourth-order valence-corrected chi connectivity index (χ4v) is 1.27. The zero-order valence-electron chi connectivity index (χ0n) is 18.2. The molecule has 0 aliphatic heterocycles. The molecule has 0 N–H and O–H groups in total. The normalized spacial score (nSPS) is 8.48. The number of hydrogen-bond acceptors (Lipinski definition) is 0. The van der Waals surface area contributed by atoms with Crippen LogP contribution in [0.15, 0.2) is 24.3 Å². The molecule has 0 bridgehead atoms. The van der Waals surface area contributed by atoms with E-state index in [2.05, 4.69) is 93.5 Å². The monoisotopic (exact) mass is 351 g/mol. The highest BCUT2D eigenvalue weighted by Crippen LogP contribution is 2.18. The smallest absolute Gasteiger partial charge is 0 e. The standard InChI is InChI=1S/C12H18.2C4H10.C2H6.2CH4.B/c1-9(2)11-5-7-12(8-6-11)10(3)4;2*1-4(2)3;1-2;;;/h5-10H,1-4H3;2*4H,1-3H3;1-2H3;2*1H4;. The predicted molar refractivity (Wildman–Crippen MR) is 126 cm³/mol. The summed E-state index contributed by atoms with van der Waals surface area (Å²) in [6.07, 6.45) is 0. The van der Waals surface area contributed by atoms with Crippen LogP contribution in [-0.2, 0) is 0 Å². The second-order valence-corrected chi connectivity index (χ2v) is 7.44. The molecule has 0 atom stereocenters. The van der Waals surface area contributed by atoms with E-state index < -0.39 is 0 Å². The first-order chi connectivity index (χ1) is 10.1. The molecule has 0 aromatic heterocycles. The number of hydrogen-bond donors (Lipinski definition) is 0. The Bertz CT molecular complexity index is 269. The van der Waals surface area contributed by atoms with Gasteiger partial charge in [0.2, 0.25) is 0 Å². The van der Waals surface area contributed by atoms with Gasteiger partial charge in [-0.3, -0.25) is 0 Å². The summed E-state index contributed by atoms with van der Waals surface area (Å²) in [6.45, 7) is 25.9. The highest BCUT2D eigenvalue weighted by molar-refractivity contribution is 5.75. The van der Waals surface area contributed by atoms with Gasteiger partial charge in [0.25, 0.3) is 0 Å². The molecule has 0 aliphatic carbocycles. The largest absolute Gasteiger partial charge is 0.0776 e. The van der Waals surface area contributed by atoms with E-state index in [4.69, 9.17) is 0 Å². The average Bonchev–Trinajstić information content (AvgIpc) is 2.39. The van der Waals surface area contributed by atoms with Gasteiger partial charge in [-0.2, -0.15) is 0 Å². The Kier molecular flexibility index (Phi) is 40.2. The predicted octanol–water partition coefficient (Wildman–Crippen LogP) is 9.18. The Balaban J connectivity index is -0.0000000595. The van der Waals surface area contributed by atoms with Gasteiger partial charge in [0.1, 0.15) is 0 Å². The molecule has 151 valence electrons. The summed E-state index contributed by atoms with van der Waals surface area (Å²) >= 11 is 0. The summed E-state index contributed by atoms with van der Waals surface area (Å²) in [7, 11) is 0. The molecule has 0 saturated carbocycles. The summed E-state index contributed by atoms with van der Waals surface area (Å²) in [5, 5.41) is 0. The Morgan fingerprint density at radius 3 is 0.680 bits per heavy atom. The highest BCUT2D eigenvalue weighted by Gasteiger charge is 2.00. The molecule has 0 aliphatic rings. The molecule has 3 radical (unpaired) electrons. The number of rotatable bonds is 2. The Labute approximate surface area is 165 Å². The van der Waals surface area contributed by atoms with Crippen molar-refractivity contribution in [3.63, 3.8) is 0 Å².